The predicted molar refractivity (Wildman–Crippen MR) is 82.6 cm³/mol. The fraction of sp³-hybridized carbons (Fsp3) is 0.467. The quantitative estimate of drug-likeness (QED) is 0.519. The van der Waals surface area contributed by atoms with Gasteiger partial charge < -0.3 is 16.0 Å². The highest BCUT2D eigenvalue weighted by Crippen LogP contribution is 1.99. The number of hydrogen-bond acceptors (Lipinski definition) is 2. The Morgan fingerprint density at radius 1 is 1.10 bits per heavy atom. The maximum atomic E-state index is 11.5. The molecule has 0 atom stereocenters. The van der Waals surface area contributed by atoms with Gasteiger partial charge in [0.05, 0.1) is 13.1 Å². The number of hydrogen-bond donors (Lipinski definition) is 3. The van der Waals surface area contributed by atoms with Gasteiger partial charge >= 0.3 is 0 Å². The number of rotatable bonds is 7. The second kappa shape index (κ2) is 9.83. The van der Waals surface area contributed by atoms with Crippen LogP contribution in [0.1, 0.15) is 25.8 Å². The van der Waals surface area contributed by atoms with E-state index in [4.69, 9.17) is 0 Å². The van der Waals surface area contributed by atoms with E-state index in [0.717, 1.165) is 18.5 Å². The normalized spacial score (nSPS) is 11.0. The average molecular weight is 276 g/mol. The van der Waals surface area contributed by atoms with Crippen LogP contribution in [0, 0.1) is 0 Å². The number of nitrogens with one attached hydrogen (secondary N) is 3. The lowest BCUT2D eigenvalue weighted by atomic mass is 10.2. The van der Waals surface area contributed by atoms with Gasteiger partial charge in [-0.05, 0) is 18.9 Å². The maximum Gasteiger partial charge on any atom is 0.239 e. The van der Waals surface area contributed by atoms with Crippen molar-refractivity contribution in [3.8, 4) is 0 Å². The summed E-state index contributed by atoms with van der Waals surface area (Å²) >= 11 is 0. The molecule has 1 rings (SSSR count). The first kappa shape index (κ1) is 16.0. The zero-order chi connectivity index (χ0) is 14.6. The van der Waals surface area contributed by atoms with E-state index >= 15 is 0 Å². The highest BCUT2D eigenvalue weighted by Gasteiger charge is 2.02. The summed E-state index contributed by atoms with van der Waals surface area (Å²) in [6, 6.07) is 10.0. The molecule has 0 bridgehead atoms. The van der Waals surface area contributed by atoms with Gasteiger partial charge in [0.25, 0.3) is 0 Å². The molecule has 1 amide bonds. The SMILES string of the molecule is CCCNC(=O)CNC(=NCc1ccccc1)NCC. The van der Waals surface area contributed by atoms with Crippen molar-refractivity contribution >= 4 is 11.9 Å². The van der Waals surface area contributed by atoms with E-state index in [9.17, 15) is 4.79 Å². The zero-order valence-electron chi connectivity index (χ0n) is 12.3. The molecule has 0 saturated carbocycles. The lowest BCUT2D eigenvalue weighted by Crippen LogP contribution is -2.43. The minimum atomic E-state index is -0.0165. The summed E-state index contributed by atoms with van der Waals surface area (Å²) in [5, 5.41) is 8.97. The molecule has 0 spiro atoms. The van der Waals surface area contributed by atoms with Crippen molar-refractivity contribution in [2.24, 2.45) is 4.99 Å². The third kappa shape index (κ3) is 6.78. The molecule has 0 saturated heterocycles. The first-order chi connectivity index (χ1) is 9.76. The summed E-state index contributed by atoms with van der Waals surface area (Å²) in [5.74, 6) is 0.639. The summed E-state index contributed by atoms with van der Waals surface area (Å²) in [7, 11) is 0. The number of guanidine groups is 1. The topological polar surface area (TPSA) is 65.5 Å². The van der Waals surface area contributed by atoms with Gasteiger partial charge in [-0.25, -0.2) is 4.99 Å². The summed E-state index contributed by atoms with van der Waals surface area (Å²) in [6.07, 6.45) is 0.938. The first-order valence-corrected chi connectivity index (χ1v) is 7.09. The summed E-state index contributed by atoms with van der Waals surface area (Å²) in [4.78, 5) is 16.0. The van der Waals surface area contributed by atoms with E-state index < -0.39 is 0 Å². The number of aliphatic imine (C=N–C) groups is 1. The van der Waals surface area contributed by atoms with Crippen molar-refractivity contribution in [1.29, 1.82) is 0 Å². The molecule has 0 unspecified atom stereocenters. The minimum absolute atomic E-state index is 0.0165. The highest BCUT2D eigenvalue weighted by atomic mass is 16.1. The van der Waals surface area contributed by atoms with E-state index in [1.807, 2.05) is 44.2 Å². The molecule has 20 heavy (non-hydrogen) atoms. The number of carbonyl (C=O) groups is 1. The Morgan fingerprint density at radius 3 is 2.50 bits per heavy atom. The third-order valence-corrected chi connectivity index (χ3v) is 2.60. The molecule has 3 N–H and O–H groups in total. The molecule has 0 heterocycles. The number of benzene rings is 1. The van der Waals surface area contributed by atoms with Crippen LogP contribution in [0.4, 0.5) is 0 Å². The fourth-order valence-corrected chi connectivity index (χ4v) is 1.59. The lowest BCUT2D eigenvalue weighted by molar-refractivity contribution is -0.120. The van der Waals surface area contributed by atoms with Crippen LogP contribution in [0.3, 0.4) is 0 Å². The third-order valence-electron chi connectivity index (χ3n) is 2.60. The van der Waals surface area contributed by atoms with Gasteiger partial charge in [-0.3, -0.25) is 4.79 Å². The Balaban J connectivity index is 2.45. The molecule has 5 heteroatoms. The molecule has 0 aliphatic carbocycles. The van der Waals surface area contributed by atoms with E-state index in [1.165, 1.54) is 0 Å². The molecular formula is C15H24N4O. The smallest absolute Gasteiger partial charge is 0.239 e. The fourth-order valence-electron chi connectivity index (χ4n) is 1.59. The highest BCUT2D eigenvalue weighted by molar-refractivity contribution is 5.86. The van der Waals surface area contributed by atoms with Gasteiger partial charge in [0.1, 0.15) is 0 Å². The molecule has 0 aromatic heterocycles. The lowest BCUT2D eigenvalue weighted by Gasteiger charge is -2.11. The van der Waals surface area contributed by atoms with Crippen molar-refractivity contribution in [2.75, 3.05) is 19.6 Å². The Labute approximate surface area is 120 Å². The monoisotopic (exact) mass is 276 g/mol. The van der Waals surface area contributed by atoms with Crippen LogP contribution in [0.25, 0.3) is 0 Å². The zero-order valence-corrected chi connectivity index (χ0v) is 12.3. The molecule has 5 nitrogen and oxygen atoms in total. The van der Waals surface area contributed by atoms with Crippen molar-refractivity contribution in [3.05, 3.63) is 35.9 Å². The van der Waals surface area contributed by atoms with Gasteiger partial charge in [-0.2, -0.15) is 0 Å². The van der Waals surface area contributed by atoms with E-state index in [2.05, 4.69) is 20.9 Å². The molecule has 0 radical (unpaired) electrons. The second-order valence-electron chi connectivity index (χ2n) is 4.38. The Morgan fingerprint density at radius 2 is 1.85 bits per heavy atom. The van der Waals surface area contributed by atoms with Crippen LogP contribution in [-0.4, -0.2) is 31.5 Å². The van der Waals surface area contributed by atoms with E-state index in [-0.39, 0.29) is 12.5 Å². The predicted octanol–water partition coefficient (Wildman–Crippen LogP) is 1.27. The van der Waals surface area contributed by atoms with Gasteiger partial charge in [0, 0.05) is 13.1 Å². The summed E-state index contributed by atoms with van der Waals surface area (Å²) in [6.45, 7) is 6.32. The Kier molecular flexibility index (Phi) is 7.87. The number of amides is 1. The number of carbonyl (C=O) groups excluding carboxylic acids is 1. The minimum Gasteiger partial charge on any atom is -0.357 e. The van der Waals surface area contributed by atoms with Crippen LogP contribution in [0.15, 0.2) is 35.3 Å². The van der Waals surface area contributed by atoms with Gasteiger partial charge in [-0.1, -0.05) is 37.3 Å². The Bertz CT molecular complexity index is 417. The molecule has 110 valence electrons. The maximum absolute atomic E-state index is 11.5. The molecular weight excluding hydrogens is 252 g/mol. The molecule has 1 aromatic rings. The Hall–Kier alpha value is -2.04. The van der Waals surface area contributed by atoms with Crippen LogP contribution in [0.2, 0.25) is 0 Å². The van der Waals surface area contributed by atoms with Crippen LogP contribution < -0.4 is 16.0 Å². The first-order valence-electron chi connectivity index (χ1n) is 7.09. The molecule has 1 aromatic carbocycles. The number of nitrogens with zero attached hydrogens (tertiary/aromatic N) is 1. The van der Waals surface area contributed by atoms with Gasteiger partial charge in [0.2, 0.25) is 5.91 Å². The molecule has 0 aliphatic heterocycles. The van der Waals surface area contributed by atoms with E-state index in [0.29, 0.717) is 19.0 Å². The second-order valence-corrected chi connectivity index (χ2v) is 4.38. The molecule has 0 aliphatic rings. The standard InChI is InChI=1S/C15H24N4O/c1-3-10-17-14(20)12-19-15(16-4-2)18-11-13-8-6-5-7-9-13/h5-9H,3-4,10-12H2,1-2H3,(H,17,20)(H2,16,18,19). The van der Waals surface area contributed by atoms with Gasteiger partial charge in [0.15, 0.2) is 5.96 Å². The van der Waals surface area contributed by atoms with E-state index in [1.54, 1.807) is 0 Å². The average Bonchev–Trinajstić information content (AvgIpc) is 2.49. The summed E-state index contributed by atoms with van der Waals surface area (Å²) < 4.78 is 0. The van der Waals surface area contributed by atoms with Crippen molar-refractivity contribution in [2.45, 2.75) is 26.8 Å². The van der Waals surface area contributed by atoms with Crippen LogP contribution in [0.5, 0.6) is 0 Å². The largest absolute Gasteiger partial charge is 0.357 e. The van der Waals surface area contributed by atoms with Crippen LogP contribution >= 0.6 is 0 Å². The van der Waals surface area contributed by atoms with Crippen molar-refractivity contribution in [3.63, 3.8) is 0 Å². The van der Waals surface area contributed by atoms with Crippen molar-refractivity contribution in [1.82, 2.24) is 16.0 Å². The van der Waals surface area contributed by atoms with Crippen LogP contribution in [-0.2, 0) is 11.3 Å². The van der Waals surface area contributed by atoms with Crippen molar-refractivity contribution < 1.29 is 4.79 Å². The summed E-state index contributed by atoms with van der Waals surface area (Å²) in [5.41, 5.74) is 1.14. The molecule has 0 fully saturated rings. The van der Waals surface area contributed by atoms with Gasteiger partial charge in [-0.15, -0.1) is 0 Å².